The quantitative estimate of drug-likeness (QED) is 0.420. The number of benzene rings is 2. The van der Waals surface area contributed by atoms with Gasteiger partial charge in [0.05, 0.1) is 12.4 Å². The second-order valence-corrected chi connectivity index (χ2v) is 7.25. The third-order valence-electron chi connectivity index (χ3n) is 4.30. The molecule has 0 saturated heterocycles. The Balaban J connectivity index is 1.68. The van der Waals surface area contributed by atoms with Crippen LogP contribution in [0.25, 0.3) is 0 Å². The van der Waals surface area contributed by atoms with Crippen LogP contribution in [-0.2, 0) is 17.8 Å². The first-order valence-electron chi connectivity index (χ1n) is 9.11. The predicted molar refractivity (Wildman–Crippen MR) is 105 cm³/mol. The van der Waals surface area contributed by atoms with Crippen molar-refractivity contribution in [3.8, 4) is 0 Å². The fourth-order valence-corrected chi connectivity index (χ4v) is 2.81. The average molecular weight is 338 g/mol. The molecular weight excluding hydrogens is 308 g/mol. The molecule has 0 aliphatic rings. The SMILES string of the molecule is CC(C)(/C=C(\O)CCCc1ccccc1)CCOCc1ccccc1. The zero-order chi connectivity index (χ0) is 18.0. The molecule has 0 amide bonds. The summed E-state index contributed by atoms with van der Waals surface area (Å²) in [5.41, 5.74) is 2.46. The van der Waals surface area contributed by atoms with Gasteiger partial charge in [0.1, 0.15) is 0 Å². The van der Waals surface area contributed by atoms with E-state index >= 15 is 0 Å². The molecule has 0 aromatic heterocycles. The van der Waals surface area contributed by atoms with Crippen molar-refractivity contribution in [2.45, 2.75) is 46.1 Å². The maximum absolute atomic E-state index is 10.2. The fraction of sp³-hybridized carbons (Fsp3) is 0.391. The Morgan fingerprint density at radius 2 is 1.56 bits per heavy atom. The molecule has 0 unspecified atom stereocenters. The standard InChI is InChI=1S/C23H30O2/c1-23(2,16-17-25-19-21-12-7-4-8-13-21)18-22(24)15-9-14-20-10-5-3-6-11-20/h3-8,10-13,18,24H,9,14-17,19H2,1-2H3/b22-18-. The molecule has 1 N–H and O–H groups in total. The largest absolute Gasteiger partial charge is 0.513 e. The summed E-state index contributed by atoms with van der Waals surface area (Å²) in [6.07, 6.45) is 5.57. The molecule has 0 radical (unpaired) electrons. The minimum absolute atomic E-state index is 0.0620. The van der Waals surface area contributed by atoms with Gasteiger partial charge >= 0.3 is 0 Å². The number of aliphatic hydroxyl groups is 1. The summed E-state index contributed by atoms with van der Waals surface area (Å²) in [7, 11) is 0. The van der Waals surface area contributed by atoms with Gasteiger partial charge in [-0.25, -0.2) is 0 Å². The van der Waals surface area contributed by atoms with E-state index in [2.05, 4.69) is 50.2 Å². The highest BCUT2D eigenvalue weighted by atomic mass is 16.5. The summed E-state index contributed by atoms with van der Waals surface area (Å²) in [5.74, 6) is 0.490. The molecule has 0 heterocycles. The van der Waals surface area contributed by atoms with Crippen LogP contribution in [0.3, 0.4) is 0 Å². The minimum Gasteiger partial charge on any atom is -0.513 e. The third-order valence-corrected chi connectivity index (χ3v) is 4.30. The van der Waals surface area contributed by atoms with Crippen molar-refractivity contribution in [3.05, 3.63) is 83.6 Å². The smallest absolute Gasteiger partial charge is 0.0888 e. The van der Waals surface area contributed by atoms with Crippen molar-refractivity contribution in [3.63, 3.8) is 0 Å². The number of allylic oxidation sites excluding steroid dienone is 2. The first-order valence-corrected chi connectivity index (χ1v) is 9.11. The second kappa shape index (κ2) is 10.0. The van der Waals surface area contributed by atoms with Gasteiger partial charge in [0.25, 0.3) is 0 Å². The van der Waals surface area contributed by atoms with Gasteiger partial charge in [-0.3, -0.25) is 0 Å². The maximum Gasteiger partial charge on any atom is 0.0888 e. The second-order valence-electron chi connectivity index (χ2n) is 7.25. The number of aryl methyl sites for hydroxylation is 1. The van der Waals surface area contributed by atoms with Gasteiger partial charge in [-0.2, -0.15) is 0 Å². The highest BCUT2D eigenvalue weighted by Crippen LogP contribution is 2.25. The topological polar surface area (TPSA) is 29.5 Å². The van der Waals surface area contributed by atoms with Gasteiger partial charge < -0.3 is 9.84 Å². The maximum atomic E-state index is 10.2. The van der Waals surface area contributed by atoms with E-state index in [9.17, 15) is 5.11 Å². The first kappa shape index (κ1) is 19.3. The minimum atomic E-state index is -0.0620. The van der Waals surface area contributed by atoms with Crippen LogP contribution in [0.4, 0.5) is 0 Å². The molecule has 0 fully saturated rings. The molecule has 25 heavy (non-hydrogen) atoms. The molecule has 134 valence electrons. The zero-order valence-corrected chi connectivity index (χ0v) is 15.4. The summed E-state index contributed by atoms with van der Waals surface area (Å²) in [5, 5.41) is 10.2. The van der Waals surface area contributed by atoms with Crippen molar-refractivity contribution in [1.29, 1.82) is 0 Å². The van der Waals surface area contributed by atoms with Crippen LogP contribution in [-0.4, -0.2) is 11.7 Å². The molecule has 0 bridgehead atoms. The highest BCUT2D eigenvalue weighted by molar-refractivity contribution is 5.15. The van der Waals surface area contributed by atoms with Gasteiger partial charge in [-0.15, -0.1) is 0 Å². The molecule has 0 spiro atoms. The van der Waals surface area contributed by atoms with Crippen LogP contribution < -0.4 is 0 Å². The van der Waals surface area contributed by atoms with Crippen molar-refractivity contribution in [2.75, 3.05) is 6.61 Å². The van der Waals surface area contributed by atoms with E-state index in [1.165, 1.54) is 11.1 Å². The third kappa shape index (κ3) is 8.04. The summed E-state index contributed by atoms with van der Waals surface area (Å²) in [4.78, 5) is 0. The highest BCUT2D eigenvalue weighted by Gasteiger charge is 2.16. The van der Waals surface area contributed by atoms with Gasteiger partial charge in [0, 0.05) is 13.0 Å². The van der Waals surface area contributed by atoms with E-state index in [-0.39, 0.29) is 5.41 Å². The van der Waals surface area contributed by atoms with Crippen LogP contribution in [0.2, 0.25) is 0 Å². The summed E-state index contributed by atoms with van der Waals surface area (Å²) in [6, 6.07) is 20.6. The lowest BCUT2D eigenvalue weighted by Crippen LogP contribution is -2.12. The van der Waals surface area contributed by atoms with Crippen molar-refractivity contribution < 1.29 is 9.84 Å². The molecule has 2 rings (SSSR count). The van der Waals surface area contributed by atoms with Crippen LogP contribution in [0.1, 0.15) is 44.2 Å². The molecule has 0 atom stereocenters. The molecule has 2 nitrogen and oxygen atoms in total. The Morgan fingerprint density at radius 3 is 2.20 bits per heavy atom. The number of ether oxygens (including phenoxy) is 1. The molecule has 2 aromatic carbocycles. The summed E-state index contributed by atoms with van der Waals surface area (Å²) >= 11 is 0. The molecule has 0 saturated carbocycles. The Labute approximate surface area is 152 Å². The normalized spacial score (nSPS) is 12.3. The molecule has 2 aromatic rings. The Morgan fingerprint density at radius 1 is 0.960 bits per heavy atom. The van der Waals surface area contributed by atoms with Crippen molar-refractivity contribution >= 4 is 0 Å². The number of hydrogen-bond donors (Lipinski definition) is 1. The molecule has 0 aliphatic heterocycles. The van der Waals surface area contributed by atoms with Gasteiger partial charge in [-0.05, 0) is 41.9 Å². The van der Waals surface area contributed by atoms with Gasteiger partial charge in [0.15, 0.2) is 0 Å². The lowest BCUT2D eigenvalue weighted by Gasteiger charge is -2.21. The molecule has 2 heteroatoms. The van der Waals surface area contributed by atoms with E-state index < -0.39 is 0 Å². The summed E-state index contributed by atoms with van der Waals surface area (Å²) < 4.78 is 5.77. The Kier molecular flexibility index (Phi) is 7.75. The van der Waals surface area contributed by atoms with Gasteiger partial charge in [0.2, 0.25) is 0 Å². The van der Waals surface area contributed by atoms with Crippen LogP contribution in [0, 0.1) is 5.41 Å². The molecule has 0 aliphatic carbocycles. The number of aliphatic hydroxyl groups excluding tert-OH is 1. The average Bonchev–Trinajstić information content (AvgIpc) is 2.60. The monoisotopic (exact) mass is 338 g/mol. The van der Waals surface area contributed by atoms with Crippen LogP contribution in [0.5, 0.6) is 0 Å². The number of hydrogen-bond acceptors (Lipinski definition) is 2. The van der Waals surface area contributed by atoms with E-state index in [4.69, 9.17) is 4.74 Å². The lowest BCUT2D eigenvalue weighted by molar-refractivity contribution is 0.101. The number of rotatable bonds is 10. The lowest BCUT2D eigenvalue weighted by atomic mass is 9.88. The van der Waals surface area contributed by atoms with Crippen molar-refractivity contribution in [1.82, 2.24) is 0 Å². The van der Waals surface area contributed by atoms with E-state index in [0.717, 1.165) is 25.7 Å². The fourth-order valence-electron chi connectivity index (χ4n) is 2.81. The van der Waals surface area contributed by atoms with E-state index in [1.807, 2.05) is 30.3 Å². The Hall–Kier alpha value is -2.06. The van der Waals surface area contributed by atoms with E-state index in [1.54, 1.807) is 0 Å². The summed E-state index contributed by atoms with van der Waals surface area (Å²) in [6.45, 7) is 5.62. The van der Waals surface area contributed by atoms with Crippen LogP contribution >= 0.6 is 0 Å². The predicted octanol–water partition coefficient (Wildman–Crippen LogP) is 6.08. The van der Waals surface area contributed by atoms with Crippen molar-refractivity contribution in [2.24, 2.45) is 5.41 Å². The van der Waals surface area contributed by atoms with Crippen LogP contribution in [0.15, 0.2) is 72.5 Å². The zero-order valence-electron chi connectivity index (χ0n) is 15.4. The van der Waals surface area contributed by atoms with Gasteiger partial charge in [-0.1, -0.05) is 74.5 Å². The first-order chi connectivity index (χ1) is 12.1. The molecular formula is C23H30O2. The Bertz CT molecular complexity index is 630. The van der Waals surface area contributed by atoms with E-state index in [0.29, 0.717) is 19.0 Å².